The number of benzene rings is 8. The van der Waals surface area contributed by atoms with Crippen LogP contribution in [0.2, 0.25) is 0 Å². The maximum Gasteiger partial charge on any atom is 0.0645 e. The van der Waals surface area contributed by atoms with Gasteiger partial charge in [-0.05, 0) is 139 Å². The molecule has 45 heavy (non-hydrogen) atoms. The number of fused-ring (bicyclic) bond motifs is 6. The molecule has 8 aromatic carbocycles. The van der Waals surface area contributed by atoms with Crippen LogP contribution in [-0.2, 0) is 0 Å². The normalized spacial score (nSPS) is 14.7. The summed E-state index contributed by atoms with van der Waals surface area (Å²) in [5.41, 5.74) is 8.45. The molecule has 0 fully saturated rings. The zero-order valence-corrected chi connectivity index (χ0v) is 23.9. The van der Waals surface area contributed by atoms with Crippen molar-refractivity contribution in [3.8, 4) is 44.5 Å². The van der Waals surface area contributed by atoms with E-state index in [2.05, 4.69) is 54.6 Å². The Labute approximate surface area is 277 Å². The van der Waals surface area contributed by atoms with Crippen molar-refractivity contribution in [3.63, 3.8) is 0 Å². The number of hydrogen-bond donors (Lipinski definition) is 0. The van der Waals surface area contributed by atoms with Crippen LogP contribution in [0, 0.1) is 0 Å². The van der Waals surface area contributed by atoms with Crippen molar-refractivity contribution in [3.05, 3.63) is 176 Å². The molecule has 1 heteroatoms. The van der Waals surface area contributed by atoms with Gasteiger partial charge in [-0.25, -0.2) is 0 Å². The molecule has 1 nitrogen and oxygen atoms in total. The molecule has 0 saturated heterocycles. The largest absolute Gasteiger partial charge is 0.310 e. The van der Waals surface area contributed by atoms with Crippen molar-refractivity contribution in [1.82, 2.24) is 0 Å². The molecule has 0 saturated carbocycles. The second-order valence-corrected chi connectivity index (χ2v) is 11.1. The van der Waals surface area contributed by atoms with Gasteiger partial charge in [-0.1, -0.05) is 103 Å². The molecule has 0 aliphatic heterocycles. The predicted molar refractivity (Wildman–Crippen MR) is 191 cm³/mol. The van der Waals surface area contributed by atoms with Crippen LogP contribution in [0.3, 0.4) is 0 Å². The minimum Gasteiger partial charge on any atom is -0.310 e. The molecule has 1 aliphatic carbocycles. The van der Waals surface area contributed by atoms with Gasteiger partial charge in [0, 0.05) is 17.1 Å². The van der Waals surface area contributed by atoms with Crippen molar-refractivity contribution in [1.29, 1.82) is 0 Å². The van der Waals surface area contributed by atoms with Gasteiger partial charge in [0.2, 0.25) is 0 Å². The molecule has 0 spiro atoms. The Morgan fingerprint density at radius 1 is 0.333 bits per heavy atom. The molecule has 0 N–H and O–H groups in total. The third-order valence-corrected chi connectivity index (χ3v) is 8.50. The summed E-state index contributed by atoms with van der Waals surface area (Å²) in [6.07, 6.45) is 0. The first kappa shape index (κ1) is 17.4. The van der Waals surface area contributed by atoms with Gasteiger partial charge in [0.1, 0.15) is 0 Å². The number of rotatable bonds is 5. The van der Waals surface area contributed by atoms with E-state index in [1.807, 2.05) is 48.5 Å². The van der Waals surface area contributed by atoms with Gasteiger partial charge >= 0.3 is 0 Å². The SMILES string of the molecule is [2H]c1c([2H])c([2H])c(N(c2ccc3cc4c(cc3c2)-c2cc3cc(-c5ccccc5)c(-c5ccccc5)cc3cc2-4)c2c([2H])c([2H])c([2H])c([2H])c2[2H])c([2H])c1[2H]. The second kappa shape index (κ2) is 10.4. The van der Waals surface area contributed by atoms with E-state index < -0.39 is 60.4 Å². The Bertz CT molecular complexity index is 2800. The maximum absolute atomic E-state index is 8.80. The lowest BCUT2D eigenvalue weighted by Gasteiger charge is -2.28. The van der Waals surface area contributed by atoms with E-state index in [0.717, 1.165) is 66.1 Å². The standard InChI is InChI=1S/C44H29N/c1-5-13-30(14-6-1)39-25-34-28-43-41-24-32-21-22-38(45(36-17-9-3-10-18-36)37-19-11-4-12-20-37)23-33(32)27-42(41)44(43)29-35(34)26-40(39)31-15-7-2-8-16-31/h1-29H/i3D,4D,9D,10D,11D,12D,17D,18D,19D,20D. The monoisotopic (exact) mass is 581 g/mol. The number of nitrogens with zero attached hydrogens (tertiary/aromatic N) is 1. The highest BCUT2D eigenvalue weighted by Gasteiger charge is 2.25. The zero-order chi connectivity index (χ0) is 38.4. The molecule has 1 aliphatic rings. The highest BCUT2D eigenvalue weighted by Crippen LogP contribution is 2.51. The quantitative estimate of drug-likeness (QED) is 0.195. The Morgan fingerprint density at radius 3 is 1.20 bits per heavy atom. The molecule has 8 aromatic rings. The first-order valence-electron chi connectivity index (χ1n) is 19.7. The third kappa shape index (κ3) is 4.32. The Hall–Kier alpha value is -5.92. The third-order valence-electron chi connectivity index (χ3n) is 8.50. The summed E-state index contributed by atoms with van der Waals surface area (Å²) in [6.45, 7) is 0. The Morgan fingerprint density at radius 2 is 0.733 bits per heavy atom. The van der Waals surface area contributed by atoms with E-state index in [9.17, 15) is 0 Å². The van der Waals surface area contributed by atoms with Gasteiger partial charge in [-0.15, -0.1) is 0 Å². The highest BCUT2D eigenvalue weighted by atomic mass is 15.1. The zero-order valence-electron chi connectivity index (χ0n) is 33.9. The second-order valence-electron chi connectivity index (χ2n) is 11.1. The van der Waals surface area contributed by atoms with Crippen LogP contribution in [0.1, 0.15) is 13.7 Å². The average molecular weight is 582 g/mol. The molecule has 9 rings (SSSR count). The van der Waals surface area contributed by atoms with E-state index in [0.29, 0.717) is 0 Å². The molecular formula is C44H29N. The lowest BCUT2D eigenvalue weighted by molar-refractivity contribution is 1.29. The summed E-state index contributed by atoms with van der Waals surface area (Å²) in [7, 11) is 0. The summed E-state index contributed by atoms with van der Waals surface area (Å²) in [5.74, 6) is 0. The van der Waals surface area contributed by atoms with Crippen LogP contribution in [0.25, 0.3) is 66.1 Å². The first-order chi connectivity index (χ1) is 26.4. The van der Waals surface area contributed by atoms with Crippen molar-refractivity contribution in [2.75, 3.05) is 4.90 Å². The lowest BCUT2D eigenvalue weighted by atomic mass is 9.77. The van der Waals surface area contributed by atoms with E-state index in [1.54, 1.807) is 12.1 Å². The topological polar surface area (TPSA) is 3.24 Å². The fraction of sp³-hybridized carbons (Fsp3) is 0. The van der Waals surface area contributed by atoms with E-state index in [-0.39, 0.29) is 17.1 Å². The molecule has 210 valence electrons. The summed E-state index contributed by atoms with van der Waals surface area (Å²) in [4.78, 5) is 1.19. The molecule has 0 atom stereocenters. The summed E-state index contributed by atoms with van der Waals surface area (Å²) in [6, 6.07) is 33.1. The van der Waals surface area contributed by atoms with Gasteiger partial charge in [-0.3, -0.25) is 0 Å². The minimum absolute atomic E-state index is 0.267. The Kier molecular flexibility index (Phi) is 4.01. The molecule has 0 radical (unpaired) electrons. The predicted octanol–water partition coefficient (Wildman–Crippen LogP) is 12.4. The summed E-state index contributed by atoms with van der Waals surface area (Å²) < 4.78 is 85.1. The van der Waals surface area contributed by atoms with Crippen LogP contribution in [0.15, 0.2) is 176 Å². The molecule has 0 amide bonds. The first-order valence-corrected chi connectivity index (χ1v) is 14.7. The maximum atomic E-state index is 8.80. The van der Waals surface area contributed by atoms with Crippen molar-refractivity contribution >= 4 is 38.6 Å². The van der Waals surface area contributed by atoms with Gasteiger partial charge in [-0.2, -0.15) is 0 Å². The summed E-state index contributed by atoms with van der Waals surface area (Å²) >= 11 is 0. The average Bonchev–Trinajstić information content (AvgIpc) is 3.21. The minimum atomic E-state index is -0.606. The van der Waals surface area contributed by atoms with E-state index in [1.165, 1.54) is 4.90 Å². The van der Waals surface area contributed by atoms with Gasteiger partial charge in [0.25, 0.3) is 0 Å². The van der Waals surface area contributed by atoms with Gasteiger partial charge in [0.05, 0.1) is 13.7 Å². The lowest BCUT2D eigenvalue weighted by Crippen LogP contribution is -2.09. The molecule has 0 bridgehead atoms. The fourth-order valence-corrected chi connectivity index (χ4v) is 6.40. The van der Waals surface area contributed by atoms with Crippen LogP contribution in [-0.4, -0.2) is 0 Å². The van der Waals surface area contributed by atoms with E-state index >= 15 is 0 Å². The van der Waals surface area contributed by atoms with Crippen LogP contribution in [0.4, 0.5) is 17.1 Å². The number of anilines is 3. The van der Waals surface area contributed by atoms with Gasteiger partial charge < -0.3 is 4.90 Å². The molecule has 0 heterocycles. The number of para-hydroxylation sites is 2. The van der Waals surface area contributed by atoms with Crippen molar-refractivity contribution in [2.45, 2.75) is 0 Å². The smallest absolute Gasteiger partial charge is 0.0645 e. The van der Waals surface area contributed by atoms with Crippen LogP contribution in [0.5, 0.6) is 0 Å². The number of hydrogen-bond acceptors (Lipinski definition) is 1. The molecule has 0 aromatic heterocycles. The van der Waals surface area contributed by atoms with Crippen LogP contribution >= 0.6 is 0 Å². The van der Waals surface area contributed by atoms with E-state index in [4.69, 9.17) is 13.7 Å². The highest BCUT2D eigenvalue weighted by molar-refractivity contribution is 6.13. The van der Waals surface area contributed by atoms with Gasteiger partial charge in [0.15, 0.2) is 0 Å². The van der Waals surface area contributed by atoms with Crippen molar-refractivity contribution < 1.29 is 13.7 Å². The van der Waals surface area contributed by atoms with Crippen LogP contribution < -0.4 is 4.90 Å². The molecular weight excluding hydrogens is 542 g/mol. The van der Waals surface area contributed by atoms with Crippen molar-refractivity contribution in [2.24, 2.45) is 0 Å². The Balaban J connectivity index is 1.23. The molecule has 0 unspecified atom stereocenters. The summed E-state index contributed by atoms with van der Waals surface area (Å²) in [5, 5.41) is 3.84. The fourth-order valence-electron chi connectivity index (χ4n) is 6.40.